The molecular weight excluding hydrogens is 470 g/mol. The minimum Gasteiger partial charge on any atom is -0.468 e. The van der Waals surface area contributed by atoms with Crippen LogP contribution in [-0.4, -0.2) is 57.0 Å². The van der Waals surface area contributed by atoms with Crippen molar-refractivity contribution in [3.05, 3.63) is 23.8 Å². The Bertz CT molecular complexity index is 913. The van der Waals surface area contributed by atoms with Gasteiger partial charge in [-0.2, -0.15) is 0 Å². The fourth-order valence-electron chi connectivity index (χ4n) is 2.56. The Labute approximate surface area is 212 Å². The highest BCUT2D eigenvalue weighted by molar-refractivity contribution is 5.81. The molecule has 0 saturated heterocycles. The van der Waals surface area contributed by atoms with Crippen LogP contribution in [0.3, 0.4) is 0 Å². The first-order valence-electron chi connectivity index (χ1n) is 11.9. The van der Waals surface area contributed by atoms with E-state index in [1.807, 2.05) is 6.92 Å². The summed E-state index contributed by atoms with van der Waals surface area (Å²) in [5.74, 6) is -1.37. The summed E-state index contributed by atoms with van der Waals surface area (Å²) in [6, 6.07) is 3.95. The molecule has 0 heterocycles. The number of hydrogen-bond donors (Lipinski definition) is 1. The first-order valence-corrected chi connectivity index (χ1v) is 11.9. The first kappa shape index (κ1) is 30.9. The van der Waals surface area contributed by atoms with Crippen LogP contribution in [0, 0.1) is 10.8 Å². The average Bonchev–Trinajstić information content (AvgIpc) is 2.79. The van der Waals surface area contributed by atoms with Crippen molar-refractivity contribution in [2.24, 2.45) is 10.8 Å². The van der Waals surface area contributed by atoms with Crippen LogP contribution < -0.4 is 14.8 Å². The summed E-state index contributed by atoms with van der Waals surface area (Å²) in [4.78, 5) is 48.8. The van der Waals surface area contributed by atoms with E-state index < -0.39 is 40.9 Å². The molecule has 0 aliphatic heterocycles. The fourth-order valence-corrected chi connectivity index (χ4v) is 2.56. The van der Waals surface area contributed by atoms with Gasteiger partial charge in [0.25, 0.3) is 0 Å². The summed E-state index contributed by atoms with van der Waals surface area (Å²) in [5, 5.41) is 2.98. The number of esters is 3. The van der Waals surface area contributed by atoms with Gasteiger partial charge in [-0.3, -0.25) is 14.4 Å². The van der Waals surface area contributed by atoms with Crippen molar-refractivity contribution in [3.63, 3.8) is 0 Å². The van der Waals surface area contributed by atoms with E-state index in [9.17, 15) is 19.2 Å². The molecule has 36 heavy (non-hydrogen) atoms. The Morgan fingerprint density at radius 2 is 1.42 bits per heavy atom. The quantitative estimate of drug-likeness (QED) is 0.267. The predicted molar refractivity (Wildman–Crippen MR) is 132 cm³/mol. The lowest BCUT2D eigenvalue weighted by atomic mass is 9.97. The molecule has 1 aromatic carbocycles. The van der Waals surface area contributed by atoms with Gasteiger partial charge in [0, 0.05) is 6.54 Å². The number of benzene rings is 1. The van der Waals surface area contributed by atoms with E-state index in [1.54, 1.807) is 53.7 Å². The number of rotatable bonds is 11. The van der Waals surface area contributed by atoms with Gasteiger partial charge in [-0.05, 0) is 72.1 Å². The second-order valence-corrected chi connectivity index (χ2v) is 10.2. The van der Waals surface area contributed by atoms with Crippen LogP contribution in [0.15, 0.2) is 18.2 Å². The van der Waals surface area contributed by atoms with E-state index in [2.05, 4.69) is 5.32 Å². The molecule has 0 bridgehead atoms. The normalized spacial score (nSPS) is 12.3. The molecule has 0 unspecified atom stereocenters. The highest BCUT2D eigenvalue weighted by atomic mass is 16.7. The lowest BCUT2D eigenvalue weighted by Crippen LogP contribution is -2.41. The van der Waals surface area contributed by atoms with Gasteiger partial charge in [0.2, 0.25) is 0 Å². The van der Waals surface area contributed by atoms with E-state index in [4.69, 9.17) is 23.7 Å². The van der Waals surface area contributed by atoms with Crippen molar-refractivity contribution < 1.29 is 42.9 Å². The number of ether oxygens (including phenoxy) is 5. The molecule has 10 nitrogen and oxygen atoms in total. The topological polar surface area (TPSA) is 126 Å². The van der Waals surface area contributed by atoms with Crippen molar-refractivity contribution in [1.29, 1.82) is 0 Å². The molecule has 0 aromatic heterocycles. The van der Waals surface area contributed by atoms with E-state index in [-0.39, 0.29) is 37.7 Å². The lowest BCUT2D eigenvalue weighted by Gasteiger charge is -2.21. The fraction of sp³-hybridized carbons (Fsp3) is 0.615. The maximum atomic E-state index is 12.6. The molecule has 0 spiro atoms. The van der Waals surface area contributed by atoms with E-state index in [0.717, 1.165) is 0 Å². The molecule has 0 radical (unpaired) electrons. The third kappa shape index (κ3) is 10.6. The van der Waals surface area contributed by atoms with Crippen molar-refractivity contribution in [3.8, 4) is 11.5 Å². The number of carbonyl (C=O) groups excluding carboxylic acids is 4. The third-order valence-corrected chi connectivity index (χ3v) is 4.70. The Kier molecular flexibility index (Phi) is 11.9. The number of methoxy groups -OCH3 is 1. The highest BCUT2D eigenvalue weighted by Crippen LogP contribution is 2.33. The van der Waals surface area contributed by atoms with Crippen LogP contribution in [0.25, 0.3) is 0 Å². The third-order valence-electron chi connectivity index (χ3n) is 4.70. The Morgan fingerprint density at radius 3 is 1.94 bits per heavy atom. The second-order valence-electron chi connectivity index (χ2n) is 10.2. The maximum absolute atomic E-state index is 12.6. The lowest BCUT2D eigenvalue weighted by molar-refractivity contribution is -0.145. The van der Waals surface area contributed by atoms with E-state index in [0.29, 0.717) is 12.0 Å². The Balaban J connectivity index is 3.05. The smallest absolute Gasteiger partial charge is 0.468 e. The summed E-state index contributed by atoms with van der Waals surface area (Å²) in [5.41, 5.74) is -0.946. The van der Waals surface area contributed by atoms with Crippen LogP contribution >= 0.6 is 0 Å². The first-order chi connectivity index (χ1) is 16.7. The molecule has 1 N–H and O–H groups in total. The number of carbonyl (C=O) groups is 4. The van der Waals surface area contributed by atoms with Crippen LogP contribution in [0.1, 0.15) is 60.5 Å². The van der Waals surface area contributed by atoms with Crippen molar-refractivity contribution in [2.75, 3.05) is 26.9 Å². The molecule has 0 amide bonds. The summed E-state index contributed by atoms with van der Waals surface area (Å²) < 4.78 is 25.7. The highest BCUT2D eigenvalue weighted by Gasteiger charge is 2.29. The van der Waals surface area contributed by atoms with Gasteiger partial charge in [-0.25, -0.2) is 4.79 Å². The molecule has 1 aromatic rings. The van der Waals surface area contributed by atoms with Crippen LogP contribution in [0.5, 0.6) is 11.5 Å². The standard InChI is InChI=1S/C26H39NO9/c1-9-13-33-24(31)34-14-12-27-18(21(28)32-8)15-17-10-11-19(35-22(29)25(2,3)4)20(16-17)36-23(30)26(5,6)7/h10-11,16,18,27H,9,12-15H2,1-8H3/t18-/m0/s1. The van der Waals surface area contributed by atoms with E-state index >= 15 is 0 Å². The monoisotopic (exact) mass is 509 g/mol. The van der Waals surface area contributed by atoms with Gasteiger partial charge >= 0.3 is 24.1 Å². The van der Waals surface area contributed by atoms with Crippen LogP contribution in [0.4, 0.5) is 4.79 Å². The van der Waals surface area contributed by atoms with Crippen LogP contribution in [-0.2, 0) is 35.0 Å². The zero-order valence-electron chi connectivity index (χ0n) is 22.5. The van der Waals surface area contributed by atoms with Gasteiger partial charge in [-0.1, -0.05) is 13.0 Å². The minimum absolute atomic E-state index is 0.00776. The molecule has 202 valence electrons. The van der Waals surface area contributed by atoms with Gasteiger partial charge in [0.15, 0.2) is 11.5 Å². The van der Waals surface area contributed by atoms with Gasteiger partial charge in [0.05, 0.1) is 24.5 Å². The van der Waals surface area contributed by atoms with Crippen molar-refractivity contribution in [2.45, 2.75) is 67.3 Å². The van der Waals surface area contributed by atoms with Gasteiger partial charge in [0.1, 0.15) is 12.6 Å². The minimum atomic E-state index is -0.796. The molecule has 0 aliphatic carbocycles. The number of nitrogens with one attached hydrogen (secondary N) is 1. The van der Waals surface area contributed by atoms with Crippen LogP contribution in [0.2, 0.25) is 0 Å². The molecule has 1 atom stereocenters. The predicted octanol–water partition coefficient (Wildman–Crippen LogP) is 3.83. The molecular formula is C26H39NO9. The van der Waals surface area contributed by atoms with Crippen molar-refractivity contribution >= 4 is 24.1 Å². The Morgan fingerprint density at radius 1 is 0.861 bits per heavy atom. The summed E-state index contributed by atoms with van der Waals surface area (Å²) >= 11 is 0. The molecule has 0 saturated carbocycles. The zero-order chi connectivity index (χ0) is 27.5. The summed E-state index contributed by atoms with van der Waals surface area (Å²) in [6.07, 6.45) is 0.0680. The number of hydrogen-bond acceptors (Lipinski definition) is 10. The Hall–Kier alpha value is -3.14. The maximum Gasteiger partial charge on any atom is 0.508 e. The molecule has 0 fully saturated rings. The average molecular weight is 510 g/mol. The van der Waals surface area contributed by atoms with Gasteiger partial charge < -0.3 is 29.0 Å². The molecule has 10 heteroatoms. The van der Waals surface area contributed by atoms with Gasteiger partial charge in [-0.15, -0.1) is 0 Å². The summed E-state index contributed by atoms with van der Waals surface area (Å²) in [7, 11) is 1.27. The van der Waals surface area contributed by atoms with Crippen molar-refractivity contribution in [1.82, 2.24) is 5.32 Å². The molecule has 0 aliphatic rings. The van der Waals surface area contributed by atoms with E-state index in [1.165, 1.54) is 13.2 Å². The second kappa shape index (κ2) is 13.8. The SMILES string of the molecule is CCCOC(=O)OCCN[C@@H](Cc1ccc(OC(=O)C(C)(C)C)c(OC(=O)C(C)(C)C)c1)C(=O)OC. The molecule has 1 rings (SSSR count). The largest absolute Gasteiger partial charge is 0.508 e. The zero-order valence-corrected chi connectivity index (χ0v) is 22.5. The summed E-state index contributed by atoms with van der Waals surface area (Å²) in [6.45, 7) is 12.6.